The van der Waals surface area contributed by atoms with Gasteiger partial charge >= 0.3 is 0 Å². The normalized spacial score (nSPS) is 11.9. The highest BCUT2D eigenvalue weighted by molar-refractivity contribution is 7.26. The number of thiophene rings is 1. The maximum atomic E-state index is 5.19. The van der Waals surface area contributed by atoms with E-state index in [9.17, 15) is 0 Å². The Bertz CT molecular complexity index is 3450. The van der Waals surface area contributed by atoms with Crippen LogP contribution in [0.3, 0.4) is 0 Å². The molecular weight excluding hydrogens is 715 g/mol. The van der Waals surface area contributed by atoms with Gasteiger partial charge in [-0.15, -0.1) is 11.3 Å². The second-order valence-electron chi connectivity index (χ2n) is 14.4. The van der Waals surface area contributed by atoms with Crippen molar-refractivity contribution >= 4 is 75.1 Å². The summed E-state index contributed by atoms with van der Waals surface area (Å²) < 4.78 is 7.28. The van der Waals surface area contributed by atoms with Crippen molar-refractivity contribution in [1.82, 2.24) is 24.1 Å². The molecule has 0 bridgehead atoms. The van der Waals surface area contributed by atoms with Crippen LogP contribution in [0.5, 0.6) is 0 Å². The molecule has 0 fully saturated rings. The first-order valence-corrected chi connectivity index (χ1v) is 19.9. The molecule has 0 atom stereocenters. The van der Waals surface area contributed by atoms with Crippen molar-refractivity contribution in [2.75, 3.05) is 0 Å². The SMILES string of the molecule is c1ccc(-c2nc(-c3ccccc3)nc(-c3ccc(-n4c5ccccc5c5c6c7ccccc7n(-c7ccccc7)c6ccc54)c4sc5ccccc5c34)n2)cc1. The molecule has 266 valence electrons. The van der Waals surface area contributed by atoms with Gasteiger partial charge in [-0.05, 0) is 54.6 Å². The van der Waals surface area contributed by atoms with E-state index in [1.54, 1.807) is 0 Å². The van der Waals surface area contributed by atoms with Crippen LogP contribution in [0.1, 0.15) is 0 Å². The van der Waals surface area contributed by atoms with Crippen LogP contribution in [0.25, 0.3) is 109 Å². The summed E-state index contributed by atoms with van der Waals surface area (Å²) in [7, 11) is 0. The lowest BCUT2D eigenvalue weighted by molar-refractivity contribution is 1.08. The molecule has 57 heavy (non-hydrogen) atoms. The molecule has 0 aliphatic carbocycles. The molecule has 4 aromatic heterocycles. The van der Waals surface area contributed by atoms with Crippen molar-refractivity contribution in [3.05, 3.63) is 188 Å². The van der Waals surface area contributed by atoms with Gasteiger partial charge in [0.2, 0.25) is 0 Å². The first-order chi connectivity index (χ1) is 28.3. The van der Waals surface area contributed by atoms with Gasteiger partial charge in [0.1, 0.15) is 0 Å². The standard InChI is InChI=1S/C51H31N5S/c1-4-16-32(17-5-1)49-52-50(33-18-6-2-7-19-33)54-51(53-49)38-28-29-43(48-45(38)37-24-12-15-27-44(37)57-48)56-40-26-14-11-23-36(40)47-42(56)31-30-41-46(47)35-22-10-13-25-39(35)55(41)34-20-8-3-9-21-34/h1-31H. The van der Waals surface area contributed by atoms with Gasteiger partial charge in [0, 0.05) is 59.4 Å². The second-order valence-corrected chi connectivity index (χ2v) is 15.4. The third-order valence-electron chi connectivity index (χ3n) is 11.2. The lowest BCUT2D eigenvalue weighted by Gasteiger charge is -2.13. The van der Waals surface area contributed by atoms with E-state index in [4.69, 9.17) is 15.0 Å². The van der Waals surface area contributed by atoms with Crippen LogP contribution in [-0.2, 0) is 0 Å². The van der Waals surface area contributed by atoms with E-state index in [0.717, 1.165) is 33.5 Å². The quantitative estimate of drug-likeness (QED) is 0.176. The summed E-state index contributed by atoms with van der Waals surface area (Å²) >= 11 is 1.83. The topological polar surface area (TPSA) is 48.5 Å². The molecule has 0 saturated carbocycles. The summed E-state index contributed by atoms with van der Waals surface area (Å²) in [4.78, 5) is 15.4. The number of fused-ring (bicyclic) bond motifs is 10. The van der Waals surface area contributed by atoms with Gasteiger partial charge in [0.15, 0.2) is 17.5 Å². The molecule has 4 heterocycles. The zero-order valence-corrected chi connectivity index (χ0v) is 31.4. The minimum Gasteiger partial charge on any atom is -0.309 e. The molecule has 12 aromatic rings. The molecule has 0 unspecified atom stereocenters. The summed E-state index contributed by atoms with van der Waals surface area (Å²) in [5.74, 6) is 1.95. The number of hydrogen-bond donors (Lipinski definition) is 0. The molecule has 12 rings (SSSR count). The summed E-state index contributed by atoms with van der Waals surface area (Å²) in [5.41, 5.74) is 9.89. The second kappa shape index (κ2) is 12.6. The average molecular weight is 746 g/mol. The smallest absolute Gasteiger partial charge is 0.164 e. The van der Waals surface area contributed by atoms with Gasteiger partial charge in [-0.1, -0.05) is 133 Å². The molecule has 0 amide bonds. The number of nitrogens with zero attached hydrogens (tertiary/aromatic N) is 5. The van der Waals surface area contributed by atoms with Crippen molar-refractivity contribution < 1.29 is 0 Å². The molecule has 0 aliphatic heterocycles. The highest BCUT2D eigenvalue weighted by atomic mass is 32.1. The summed E-state index contributed by atoms with van der Waals surface area (Å²) in [6.45, 7) is 0. The first kappa shape index (κ1) is 31.9. The zero-order valence-electron chi connectivity index (χ0n) is 30.5. The van der Waals surface area contributed by atoms with Crippen LogP contribution in [-0.4, -0.2) is 24.1 Å². The monoisotopic (exact) mass is 745 g/mol. The predicted molar refractivity (Wildman–Crippen MR) is 238 cm³/mol. The number of aromatic nitrogens is 5. The van der Waals surface area contributed by atoms with E-state index in [-0.39, 0.29) is 0 Å². The van der Waals surface area contributed by atoms with Gasteiger partial charge < -0.3 is 9.13 Å². The van der Waals surface area contributed by atoms with Crippen LogP contribution < -0.4 is 0 Å². The lowest BCUT2D eigenvalue weighted by Crippen LogP contribution is -2.01. The summed E-state index contributed by atoms with van der Waals surface area (Å²) in [6, 6.07) is 66.5. The Morgan fingerprint density at radius 2 is 0.842 bits per heavy atom. The van der Waals surface area contributed by atoms with Crippen LogP contribution in [0.15, 0.2) is 188 Å². The molecule has 0 aliphatic rings. The van der Waals surface area contributed by atoms with Gasteiger partial charge in [-0.25, -0.2) is 15.0 Å². The van der Waals surface area contributed by atoms with E-state index in [0.29, 0.717) is 17.5 Å². The third kappa shape index (κ3) is 4.84. The third-order valence-corrected chi connectivity index (χ3v) is 12.4. The Labute approximate surface area is 331 Å². The molecule has 6 heteroatoms. The fourth-order valence-electron chi connectivity index (χ4n) is 8.74. The lowest BCUT2D eigenvalue weighted by atomic mass is 10.0. The maximum absolute atomic E-state index is 5.19. The molecule has 0 saturated heterocycles. The molecule has 5 nitrogen and oxygen atoms in total. The highest BCUT2D eigenvalue weighted by Crippen LogP contribution is 2.47. The summed E-state index contributed by atoms with van der Waals surface area (Å²) in [6.07, 6.45) is 0. The van der Waals surface area contributed by atoms with Gasteiger partial charge in [0.05, 0.1) is 32.5 Å². The van der Waals surface area contributed by atoms with Crippen LogP contribution in [0.2, 0.25) is 0 Å². The van der Waals surface area contributed by atoms with E-state index in [2.05, 4.69) is 161 Å². The predicted octanol–water partition coefficient (Wildman–Crippen LogP) is 13.4. The van der Waals surface area contributed by atoms with E-state index < -0.39 is 0 Å². The Morgan fingerprint density at radius 3 is 1.47 bits per heavy atom. The largest absolute Gasteiger partial charge is 0.309 e. The Kier molecular flexibility index (Phi) is 7.03. The van der Waals surface area contributed by atoms with Crippen LogP contribution in [0, 0.1) is 0 Å². The minimum absolute atomic E-state index is 0.650. The zero-order chi connectivity index (χ0) is 37.5. The van der Waals surface area contributed by atoms with Gasteiger partial charge in [-0.2, -0.15) is 0 Å². The van der Waals surface area contributed by atoms with E-state index in [1.807, 2.05) is 47.7 Å². The number of para-hydroxylation sites is 3. The first-order valence-electron chi connectivity index (χ1n) is 19.1. The van der Waals surface area contributed by atoms with Crippen molar-refractivity contribution in [2.45, 2.75) is 0 Å². The Hall–Kier alpha value is -7.41. The van der Waals surface area contributed by atoms with Crippen molar-refractivity contribution in [3.8, 4) is 45.5 Å². The number of rotatable bonds is 5. The maximum Gasteiger partial charge on any atom is 0.164 e. The molecule has 0 spiro atoms. The Balaban J connectivity index is 1.17. The molecular formula is C51H31N5S. The number of benzene rings is 8. The van der Waals surface area contributed by atoms with Crippen LogP contribution >= 0.6 is 11.3 Å². The van der Waals surface area contributed by atoms with Crippen LogP contribution in [0.4, 0.5) is 0 Å². The van der Waals surface area contributed by atoms with Crippen molar-refractivity contribution in [2.24, 2.45) is 0 Å². The fraction of sp³-hybridized carbons (Fsp3) is 0. The fourth-order valence-corrected chi connectivity index (χ4v) is 9.97. The average Bonchev–Trinajstić information content (AvgIpc) is 3.95. The van der Waals surface area contributed by atoms with E-state index >= 15 is 0 Å². The van der Waals surface area contributed by atoms with Crippen molar-refractivity contribution in [1.29, 1.82) is 0 Å². The van der Waals surface area contributed by atoms with Gasteiger partial charge in [-0.3, -0.25) is 0 Å². The van der Waals surface area contributed by atoms with E-state index in [1.165, 1.54) is 58.4 Å². The molecule has 0 radical (unpaired) electrons. The summed E-state index contributed by atoms with van der Waals surface area (Å²) in [5, 5.41) is 7.31. The molecule has 8 aromatic carbocycles. The highest BCUT2D eigenvalue weighted by Gasteiger charge is 2.24. The minimum atomic E-state index is 0.650. The van der Waals surface area contributed by atoms with Crippen molar-refractivity contribution in [3.63, 3.8) is 0 Å². The Morgan fingerprint density at radius 1 is 0.351 bits per heavy atom. The molecule has 0 N–H and O–H groups in total. The number of hydrogen-bond acceptors (Lipinski definition) is 4. The van der Waals surface area contributed by atoms with Gasteiger partial charge in [0.25, 0.3) is 0 Å².